The van der Waals surface area contributed by atoms with Crippen LogP contribution in [0.5, 0.6) is 0 Å². The molecule has 0 saturated heterocycles. The number of nitrogens with one attached hydrogen (secondary N) is 2. The number of hydrogen-bond acceptors (Lipinski definition) is 4. The molecule has 0 bridgehead atoms. The van der Waals surface area contributed by atoms with Gasteiger partial charge in [-0.05, 0) is 42.7 Å². The highest BCUT2D eigenvalue weighted by atomic mass is 32.2. The minimum Gasteiger partial charge on any atom is -0.334 e. The lowest BCUT2D eigenvalue weighted by Gasteiger charge is -2.12. The summed E-state index contributed by atoms with van der Waals surface area (Å²) in [5.74, 6) is 1.47. The molecule has 0 atom stereocenters. The van der Waals surface area contributed by atoms with E-state index >= 15 is 0 Å². The second kappa shape index (κ2) is 10.8. The number of urea groups is 1. The summed E-state index contributed by atoms with van der Waals surface area (Å²) in [7, 11) is 0. The minimum absolute atomic E-state index is 0.244. The first-order valence-corrected chi connectivity index (χ1v) is 11.8. The van der Waals surface area contributed by atoms with Crippen LogP contribution in [0.15, 0.2) is 84.0 Å². The summed E-state index contributed by atoms with van der Waals surface area (Å²) in [5, 5.41) is 15.4. The smallest absolute Gasteiger partial charge is 0.315 e. The van der Waals surface area contributed by atoms with Crippen LogP contribution in [0, 0.1) is 13.8 Å². The average Bonchev–Trinajstić information content (AvgIpc) is 3.25. The van der Waals surface area contributed by atoms with Gasteiger partial charge in [0, 0.05) is 18.0 Å². The second-order valence-corrected chi connectivity index (χ2v) is 8.75. The molecule has 7 heteroatoms. The zero-order valence-electron chi connectivity index (χ0n) is 18.8. The van der Waals surface area contributed by atoms with Gasteiger partial charge in [-0.25, -0.2) is 4.79 Å². The highest BCUT2D eigenvalue weighted by Crippen LogP contribution is 2.26. The van der Waals surface area contributed by atoms with Crippen molar-refractivity contribution in [3.63, 3.8) is 0 Å². The SMILES string of the molecule is Cc1ccc(-n2c(CNC(=O)NCc3ccccc3)nnc2SCc2ccccc2C)cc1. The molecule has 3 aromatic carbocycles. The van der Waals surface area contributed by atoms with Crippen LogP contribution in [0.3, 0.4) is 0 Å². The Labute approximate surface area is 198 Å². The van der Waals surface area contributed by atoms with Gasteiger partial charge in [-0.2, -0.15) is 0 Å². The van der Waals surface area contributed by atoms with E-state index in [4.69, 9.17) is 0 Å². The highest BCUT2D eigenvalue weighted by Gasteiger charge is 2.16. The highest BCUT2D eigenvalue weighted by molar-refractivity contribution is 7.98. The van der Waals surface area contributed by atoms with Crippen LogP contribution in [-0.4, -0.2) is 20.8 Å². The standard InChI is InChI=1S/C26H27N5OS/c1-19-12-14-23(15-13-19)31-24(17-28-25(32)27-16-21-9-4-3-5-10-21)29-30-26(31)33-18-22-11-7-6-8-20(22)2/h3-15H,16-18H2,1-2H3,(H2,27,28,32). The normalized spacial score (nSPS) is 10.7. The molecular formula is C26H27N5OS. The van der Waals surface area contributed by atoms with Crippen LogP contribution in [0.1, 0.15) is 28.1 Å². The van der Waals surface area contributed by atoms with Gasteiger partial charge in [-0.3, -0.25) is 4.57 Å². The van der Waals surface area contributed by atoms with E-state index < -0.39 is 0 Å². The molecule has 4 aromatic rings. The Balaban J connectivity index is 1.48. The number of carbonyl (C=O) groups is 1. The van der Waals surface area contributed by atoms with E-state index in [0.29, 0.717) is 12.4 Å². The molecule has 4 rings (SSSR count). The zero-order chi connectivity index (χ0) is 23.0. The van der Waals surface area contributed by atoms with E-state index in [1.165, 1.54) is 16.7 Å². The molecule has 2 N–H and O–H groups in total. The first-order chi connectivity index (χ1) is 16.1. The Morgan fingerprint density at radius 2 is 1.55 bits per heavy atom. The zero-order valence-corrected chi connectivity index (χ0v) is 19.6. The molecule has 0 unspecified atom stereocenters. The lowest BCUT2D eigenvalue weighted by atomic mass is 10.1. The lowest BCUT2D eigenvalue weighted by molar-refractivity contribution is 0.240. The fraction of sp³-hybridized carbons (Fsp3) is 0.192. The molecule has 168 valence electrons. The minimum atomic E-state index is -0.244. The summed E-state index contributed by atoms with van der Waals surface area (Å²) in [5.41, 5.74) is 5.72. The molecular weight excluding hydrogens is 430 g/mol. The van der Waals surface area contributed by atoms with Gasteiger partial charge in [-0.1, -0.05) is 84.1 Å². The third-order valence-corrected chi connectivity index (χ3v) is 6.29. The third kappa shape index (κ3) is 6.02. The summed E-state index contributed by atoms with van der Waals surface area (Å²) in [6, 6.07) is 26.2. The van der Waals surface area contributed by atoms with Crippen molar-refractivity contribution in [3.8, 4) is 5.69 Å². The van der Waals surface area contributed by atoms with Crippen LogP contribution < -0.4 is 10.6 Å². The number of nitrogens with zero attached hydrogens (tertiary/aromatic N) is 3. The van der Waals surface area contributed by atoms with Crippen molar-refractivity contribution in [2.24, 2.45) is 0 Å². The van der Waals surface area contributed by atoms with Crippen LogP contribution in [0.25, 0.3) is 5.69 Å². The predicted octanol–water partition coefficient (Wildman–Crippen LogP) is 5.18. The molecule has 0 saturated carbocycles. The van der Waals surface area contributed by atoms with Crippen molar-refractivity contribution in [1.29, 1.82) is 0 Å². The van der Waals surface area contributed by atoms with E-state index in [-0.39, 0.29) is 12.6 Å². The number of aryl methyl sites for hydroxylation is 2. The fourth-order valence-electron chi connectivity index (χ4n) is 3.38. The largest absolute Gasteiger partial charge is 0.334 e. The van der Waals surface area contributed by atoms with Crippen molar-refractivity contribution >= 4 is 17.8 Å². The molecule has 1 heterocycles. The maximum absolute atomic E-state index is 12.4. The molecule has 0 aliphatic rings. The topological polar surface area (TPSA) is 71.8 Å². The number of carbonyl (C=O) groups excluding carboxylic acids is 1. The van der Waals surface area contributed by atoms with Gasteiger partial charge < -0.3 is 10.6 Å². The summed E-state index contributed by atoms with van der Waals surface area (Å²) < 4.78 is 2.01. The monoisotopic (exact) mass is 457 g/mol. The first-order valence-electron chi connectivity index (χ1n) is 10.8. The van der Waals surface area contributed by atoms with Gasteiger partial charge >= 0.3 is 6.03 Å². The number of thioether (sulfide) groups is 1. The summed E-state index contributed by atoms with van der Waals surface area (Å²) in [6.07, 6.45) is 0. The molecule has 0 aliphatic carbocycles. The van der Waals surface area contributed by atoms with E-state index in [2.05, 4.69) is 77.1 Å². The Hall–Kier alpha value is -3.58. The molecule has 0 aliphatic heterocycles. The number of rotatable bonds is 8. The van der Waals surface area contributed by atoms with E-state index in [1.807, 2.05) is 41.0 Å². The summed E-state index contributed by atoms with van der Waals surface area (Å²) in [4.78, 5) is 12.4. The van der Waals surface area contributed by atoms with Gasteiger partial charge in [0.15, 0.2) is 11.0 Å². The fourth-order valence-corrected chi connectivity index (χ4v) is 4.42. The van der Waals surface area contributed by atoms with Crippen LogP contribution >= 0.6 is 11.8 Å². The molecule has 0 radical (unpaired) electrons. The third-order valence-electron chi connectivity index (χ3n) is 5.31. The van der Waals surface area contributed by atoms with Crippen molar-refractivity contribution in [1.82, 2.24) is 25.4 Å². The van der Waals surface area contributed by atoms with Crippen molar-refractivity contribution in [2.75, 3.05) is 0 Å². The van der Waals surface area contributed by atoms with Crippen molar-refractivity contribution in [2.45, 2.75) is 37.8 Å². The number of benzene rings is 3. The van der Waals surface area contributed by atoms with Crippen LogP contribution in [-0.2, 0) is 18.8 Å². The van der Waals surface area contributed by atoms with E-state index in [0.717, 1.165) is 22.2 Å². The lowest BCUT2D eigenvalue weighted by Crippen LogP contribution is -2.35. The molecule has 0 fully saturated rings. The van der Waals surface area contributed by atoms with Crippen LogP contribution in [0.2, 0.25) is 0 Å². The quantitative estimate of drug-likeness (QED) is 0.358. The number of hydrogen-bond donors (Lipinski definition) is 2. The Morgan fingerprint density at radius 3 is 2.30 bits per heavy atom. The average molecular weight is 458 g/mol. The molecule has 0 spiro atoms. The van der Waals surface area contributed by atoms with Crippen molar-refractivity contribution in [3.05, 3.63) is 107 Å². The molecule has 1 aromatic heterocycles. The maximum Gasteiger partial charge on any atom is 0.315 e. The van der Waals surface area contributed by atoms with E-state index in [1.54, 1.807) is 11.8 Å². The Morgan fingerprint density at radius 1 is 0.848 bits per heavy atom. The number of amides is 2. The molecule has 33 heavy (non-hydrogen) atoms. The van der Waals surface area contributed by atoms with Gasteiger partial charge in [0.25, 0.3) is 0 Å². The molecule has 2 amide bonds. The predicted molar refractivity (Wildman–Crippen MR) is 132 cm³/mol. The molecule has 6 nitrogen and oxygen atoms in total. The van der Waals surface area contributed by atoms with Gasteiger partial charge in [0.1, 0.15) is 0 Å². The second-order valence-electron chi connectivity index (χ2n) is 7.81. The van der Waals surface area contributed by atoms with Gasteiger partial charge in [-0.15, -0.1) is 10.2 Å². The Bertz CT molecular complexity index is 1210. The van der Waals surface area contributed by atoms with E-state index in [9.17, 15) is 4.79 Å². The maximum atomic E-state index is 12.4. The number of aromatic nitrogens is 3. The summed E-state index contributed by atoms with van der Waals surface area (Å²) >= 11 is 1.64. The van der Waals surface area contributed by atoms with Crippen molar-refractivity contribution < 1.29 is 4.79 Å². The first kappa shape index (κ1) is 22.6. The van der Waals surface area contributed by atoms with Gasteiger partial charge in [0.2, 0.25) is 0 Å². The van der Waals surface area contributed by atoms with Crippen LogP contribution in [0.4, 0.5) is 4.79 Å². The van der Waals surface area contributed by atoms with Gasteiger partial charge in [0.05, 0.1) is 6.54 Å². The summed E-state index contributed by atoms with van der Waals surface area (Å²) in [6.45, 7) is 4.91. The Kier molecular flexibility index (Phi) is 7.42.